The van der Waals surface area contributed by atoms with Crippen LogP contribution in [0.1, 0.15) is 39.2 Å². The molecule has 1 aliphatic rings. The average molecular weight is 406 g/mol. The Morgan fingerprint density at radius 2 is 1.86 bits per heavy atom. The van der Waals surface area contributed by atoms with Crippen LogP contribution >= 0.6 is 0 Å². The first-order chi connectivity index (χ1) is 13.7. The maximum absolute atomic E-state index is 12.2. The summed E-state index contributed by atoms with van der Waals surface area (Å²) in [5.41, 5.74) is 0.337. The van der Waals surface area contributed by atoms with E-state index in [-0.39, 0.29) is 24.5 Å². The molecule has 1 aromatic carbocycles. The topological polar surface area (TPSA) is 94.2 Å². The number of hydrogen-bond acceptors (Lipinski definition) is 6. The first-order valence-electron chi connectivity index (χ1n) is 9.72. The van der Waals surface area contributed by atoms with Crippen molar-refractivity contribution in [3.8, 4) is 5.75 Å². The first-order valence-corrected chi connectivity index (χ1v) is 9.72. The van der Waals surface area contributed by atoms with Gasteiger partial charge in [-0.15, -0.1) is 0 Å². The molecule has 2 rings (SSSR count). The van der Waals surface area contributed by atoms with Crippen molar-refractivity contribution in [3.63, 3.8) is 0 Å². The van der Waals surface area contributed by atoms with Crippen molar-refractivity contribution in [1.82, 2.24) is 10.2 Å². The lowest BCUT2D eigenvalue weighted by Gasteiger charge is -2.32. The Hall–Kier alpha value is -2.77. The Labute approximate surface area is 171 Å². The summed E-state index contributed by atoms with van der Waals surface area (Å²) >= 11 is 0. The van der Waals surface area contributed by atoms with Gasteiger partial charge in [0.2, 0.25) is 0 Å². The lowest BCUT2D eigenvalue weighted by atomic mass is 9.97. The molecule has 2 amide bonds. The van der Waals surface area contributed by atoms with Crippen LogP contribution in [0, 0.1) is 5.92 Å². The molecule has 8 nitrogen and oxygen atoms in total. The smallest absolute Gasteiger partial charge is 0.410 e. The van der Waals surface area contributed by atoms with Crippen molar-refractivity contribution in [2.45, 2.75) is 45.8 Å². The highest BCUT2D eigenvalue weighted by Crippen LogP contribution is 2.21. The molecule has 0 bridgehead atoms. The van der Waals surface area contributed by atoms with Gasteiger partial charge in [-0.3, -0.25) is 9.59 Å². The number of rotatable bonds is 6. The normalized spacial score (nSPS) is 14.8. The molecule has 1 aliphatic heterocycles. The van der Waals surface area contributed by atoms with Crippen LogP contribution in [0.15, 0.2) is 24.3 Å². The first kappa shape index (κ1) is 22.5. The van der Waals surface area contributed by atoms with E-state index in [0.717, 1.165) is 5.56 Å². The maximum atomic E-state index is 12.2. The van der Waals surface area contributed by atoms with Crippen LogP contribution in [-0.2, 0) is 25.6 Å². The second-order valence-corrected chi connectivity index (χ2v) is 7.98. The Morgan fingerprint density at radius 1 is 1.17 bits per heavy atom. The van der Waals surface area contributed by atoms with Crippen LogP contribution in [-0.4, -0.2) is 55.3 Å². The van der Waals surface area contributed by atoms with Crippen molar-refractivity contribution in [2.24, 2.45) is 5.92 Å². The third-order valence-corrected chi connectivity index (χ3v) is 4.45. The van der Waals surface area contributed by atoms with E-state index in [0.29, 0.717) is 38.2 Å². The molecule has 8 heteroatoms. The largest absolute Gasteiger partial charge is 0.497 e. The van der Waals surface area contributed by atoms with Crippen LogP contribution in [0.5, 0.6) is 5.75 Å². The number of piperidine rings is 1. The van der Waals surface area contributed by atoms with Gasteiger partial charge in [-0.05, 0) is 51.3 Å². The fraction of sp³-hybridized carbons (Fsp3) is 0.571. The average Bonchev–Trinajstić information content (AvgIpc) is 2.69. The van der Waals surface area contributed by atoms with Crippen molar-refractivity contribution in [3.05, 3.63) is 29.8 Å². The zero-order valence-electron chi connectivity index (χ0n) is 17.5. The van der Waals surface area contributed by atoms with Gasteiger partial charge in [-0.25, -0.2) is 4.79 Å². The molecule has 0 saturated carbocycles. The number of benzene rings is 1. The highest BCUT2D eigenvalue weighted by Gasteiger charge is 2.30. The lowest BCUT2D eigenvalue weighted by molar-refractivity contribution is -0.154. The molecule has 0 aliphatic carbocycles. The fourth-order valence-corrected chi connectivity index (χ4v) is 2.91. The third-order valence-electron chi connectivity index (χ3n) is 4.45. The van der Waals surface area contributed by atoms with Gasteiger partial charge in [-0.2, -0.15) is 0 Å². The highest BCUT2D eigenvalue weighted by molar-refractivity contribution is 5.81. The number of esters is 1. The van der Waals surface area contributed by atoms with Crippen molar-refractivity contribution in [1.29, 1.82) is 0 Å². The minimum absolute atomic E-state index is 0.320. The molecular formula is C21H30N2O6. The molecule has 0 spiro atoms. The predicted octanol–water partition coefficient (Wildman–Crippen LogP) is 2.50. The number of methoxy groups -OCH3 is 1. The minimum Gasteiger partial charge on any atom is -0.497 e. The van der Waals surface area contributed by atoms with E-state index in [4.69, 9.17) is 14.2 Å². The van der Waals surface area contributed by atoms with Gasteiger partial charge in [0.15, 0.2) is 6.61 Å². The molecule has 0 aromatic heterocycles. The Balaban J connectivity index is 1.69. The molecule has 1 N–H and O–H groups in total. The quantitative estimate of drug-likeness (QED) is 0.730. The summed E-state index contributed by atoms with van der Waals surface area (Å²) in [5, 5.41) is 2.71. The zero-order valence-corrected chi connectivity index (χ0v) is 17.5. The molecule has 1 fully saturated rings. The number of carbonyl (C=O) groups is 3. The Morgan fingerprint density at radius 3 is 2.48 bits per heavy atom. The summed E-state index contributed by atoms with van der Waals surface area (Å²) in [4.78, 5) is 37.8. The second kappa shape index (κ2) is 10.1. The van der Waals surface area contributed by atoms with Gasteiger partial charge < -0.3 is 24.4 Å². The molecule has 0 atom stereocenters. The molecule has 1 saturated heterocycles. The van der Waals surface area contributed by atoms with Crippen LogP contribution in [0.3, 0.4) is 0 Å². The number of hydrogen-bond donors (Lipinski definition) is 1. The van der Waals surface area contributed by atoms with Crippen molar-refractivity contribution < 1.29 is 28.6 Å². The summed E-state index contributed by atoms with van der Waals surface area (Å²) in [6.07, 6.45) is 0.605. The summed E-state index contributed by atoms with van der Waals surface area (Å²) < 4.78 is 15.6. The van der Waals surface area contributed by atoms with E-state index in [1.807, 2.05) is 45.0 Å². The van der Waals surface area contributed by atoms with Gasteiger partial charge in [0, 0.05) is 19.6 Å². The van der Waals surface area contributed by atoms with Gasteiger partial charge in [0.1, 0.15) is 11.4 Å². The molecule has 0 unspecified atom stereocenters. The van der Waals surface area contributed by atoms with Gasteiger partial charge in [0.25, 0.3) is 5.91 Å². The monoisotopic (exact) mass is 406 g/mol. The second-order valence-electron chi connectivity index (χ2n) is 7.98. The summed E-state index contributed by atoms with van der Waals surface area (Å²) in [5.74, 6) is -0.390. The Kier molecular flexibility index (Phi) is 7.87. The van der Waals surface area contributed by atoms with Gasteiger partial charge in [-0.1, -0.05) is 12.1 Å². The number of nitrogens with one attached hydrogen (secondary N) is 1. The van der Waals surface area contributed by atoms with E-state index in [9.17, 15) is 14.4 Å². The molecule has 1 heterocycles. The molecule has 0 radical (unpaired) electrons. The summed E-state index contributed by atoms with van der Waals surface area (Å²) in [6, 6.07) is 7.35. The number of nitrogens with zero attached hydrogens (tertiary/aromatic N) is 1. The SMILES string of the molecule is COc1cccc(CNC(=O)COC(=O)C2CCN(C(=O)OC(C)(C)C)CC2)c1. The van der Waals surface area contributed by atoms with Crippen LogP contribution in [0.4, 0.5) is 4.79 Å². The molecule has 1 aromatic rings. The van der Waals surface area contributed by atoms with Crippen molar-refractivity contribution in [2.75, 3.05) is 26.8 Å². The van der Waals surface area contributed by atoms with Crippen LogP contribution < -0.4 is 10.1 Å². The highest BCUT2D eigenvalue weighted by atomic mass is 16.6. The van der Waals surface area contributed by atoms with Crippen LogP contribution in [0.25, 0.3) is 0 Å². The molecular weight excluding hydrogens is 376 g/mol. The van der Waals surface area contributed by atoms with E-state index in [1.54, 1.807) is 12.0 Å². The Bertz CT molecular complexity index is 720. The van der Waals surface area contributed by atoms with E-state index >= 15 is 0 Å². The minimum atomic E-state index is -0.550. The van der Waals surface area contributed by atoms with Crippen molar-refractivity contribution >= 4 is 18.0 Å². The third kappa shape index (κ3) is 7.63. The summed E-state index contributed by atoms with van der Waals surface area (Å²) in [7, 11) is 1.58. The standard InChI is InChI=1S/C21H30N2O6/c1-21(2,3)29-20(26)23-10-8-16(9-11-23)19(25)28-14-18(24)22-13-15-6-5-7-17(12-15)27-4/h5-7,12,16H,8-11,13-14H2,1-4H3,(H,22,24). The molecule has 160 valence electrons. The van der Waals surface area contributed by atoms with Gasteiger partial charge in [0.05, 0.1) is 13.0 Å². The predicted molar refractivity (Wildman–Crippen MR) is 106 cm³/mol. The van der Waals surface area contributed by atoms with E-state index in [2.05, 4.69) is 5.32 Å². The molecule has 29 heavy (non-hydrogen) atoms. The van der Waals surface area contributed by atoms with E-state index < -0.39 is 11.6 Å². The zero-order chi connectivity index (χ0) is 21.4. The lowest BCUT2D eigenvalue weighted by Crippen LogP contribution is -2.43. The maximum Gasteiger partial charge on any atom is 0.410 e. The van der Waals surface area contributed by atoms with Gasteiger partial charge >= 0.3 is 12.1 Å². The fourth-order valence-electron chi connectivity index (χ4n) is 2.91. The number of carbonyl (C=O) groups excluding carboxylic acids is 3. The number of likely N-dealkylation sites (tertiary alicyclic amines) is 1. The number of ether oxygens (including phenoxy) is 3. The van der Waals surface area contributed by atoms with E-state index in [1.165, 1.54) is 0 Å². The van der Waals surface area contributed by atoms with Crippen LogP contribution in [0.2, 0.25) is 0 Å². The summed E-state index contributed by atoms with van der Waals surface area (Å²) in [6.45, 7) is 6.29. The number of amides is 2.